The SMILES string of the molecule is N#Cc1ccc(NNC(=O)O)c(F)c1F. The summed E-state index contributed by atoms with van der Waals surface area (Å²) >= 11 is 0. The number of rotatable bonds is 2. The summed E-state index contributed by atoms with van der Waals surface area (Å²) < 4.78 is 26.1. The predicted molar refractivity (Wildman–Crippen MR) is 45.9 cm³/mol. The maximum Gasteiger partial charge on any atom is 0.423 e. The number of nitrogens with zero attached hydrogens (tertiary/aromatic N) is 1. The molecule has 3 N–H and O–H groups in total. The van der Waals surface area contributed by atoms with Gasteiger partial charge in [-0.2, -0.15) is 5.26 Å². The minimum absolute atomic E-state index is 0.395. The van der Waals surface area contributed by atoms with Crippen LogP contribution < -0.4 is 10.9 Å². The fourth-order valence-electron chi connectivity index (χ4n) is 0.853. The Balaban J connectivity index is 2.98. The topological polar surface area (TPSA) is 85.2 Å². The van der Waals surface area contributed by atoms with Crippen LogP contribution in [0.4, 0.5) is 19.3 Å². The van der Waals surface area contributed by atoms with Crippen molar-refractivity contribution in [3.63, 3.8) is 0 Å². The van der Waals surface area contributed by atoms with E-state index in [4.69, 9.17) is 10.4 Å². The van der Waals surface area contributed by atoms with Gasteiger partial charge in [0.15, 0.2) is 11.6 Å². The number of carbonyl (C=O) groups is 1. The second kappa shape index (κ2) is 4.23. The van der Waals surface area contributed by atoms with Gasteiger partial charge in [0.2, 0.25) is 0 Å². The number of anilines is 1. The van der Waals surface area contributed by atoms with Gasteiger partial charge in [0.1, 0.15) is 6.07 Å². The van der Waals surface area contributed by atoms with Crippen LogP contribution in [0.15, 0.2) is 12.1 Å². The average molecular weight is 213 g/mol. The monoisotopic (exact) mass is 213 g/mol. The van der Waals surface area contributed by atoms with Crippen molar-refractivity contribution in [3.8, 4) is 6.07 Å². The first-order valence-electron chi connectivity index (χ1n) is 3.69. The molecule has 0 saturated heterocycles. The molecule has 5 nitrogen and oxygen atoms in total. The number of halogens is 2. The van der Waals surface area contributed by atoms with Gasteiger partial charge in [0.25, 0.3) is 0 Å². The van der Waals surface area contributed by atoms with Gasteiger partial charge >= 0.3 is 6.09 Å². The smallest absolute Gasteiger partial charge is 0.423 e. The van der Waals surface area contributed by atoms with Crippen LogP contribution in [0.3, 0.4) is 0 Å². The molecular weight excluding hydrogens is 208 g/mol. The molecule has 0 radical (unpaired) electrons. The summed E-state index contributed by atoms with van der Waals surface area (Å²) in [5, 5.41) is 16.6. The molecule has 0 fully saturated rings. The van der Waals surface area contributed by atoms with Crippen molar-refractivity contribution in [2.24, 2.45) is 0 Å². The van der Waals surface area contributed by atoms with Crippen LogP contribution in [-0.2, 0) is 0 Å². The van der Waals surface area contributed by atoms with Gasteiger partial charge in [-0.1, -0.05) is 0 Å². The van der Waals surface area contributed by atoms with Crippen LogP contribution in [-0.4, -0.2) is 11.2 Å². The fourth-order valence-corrected chi connectivity index (χ4v) is 0.853. The minimum Gasteiger partial charge on any atom is -0.464 e. The molecule has 1 amide bonds. The average Bonchev–Trinajstić information content (AvgIpc) is 2.20. The molecule has 0 saturated carbocycles. The van der Waals surface area contributed by atoms with E-state index in [9.17, 15) is 13.6 Å². The largest absolute Gasteiger partial charge is 0.464 e. The van der Waals surface area contributed by atoms with Crippen LogP contribution in [0, 0.1) is 23.0 Å². The molecular formula is C8H5F2N3O2. The number of hydrazine groups is 1. The summed E-state index contributed by atoms with van der Waals surface area (Å²) in [6, 6.07) is 3.53. The molecule has 0 unspecified atom stereocenters. The van der Waals surface area contributed by atoms with E-state index in [0.29, 0.717) is 0 Å². The molecule has 78 valence electrons. The predicted octanol–water partition coefficient (Wildman–Crippen LogP) is 1.43. The number of hydrogen-bond acceptors (Lipinski definition) is 3. The van der Waals surface area contributed by atoms with E-state index in [0.717, 1.165) is 12.1 Å². The zero-order chi connectivity index (χ0) is 11.4. The van der Waals surface area contributed by atoms with Gasteiger partial charge in [-0.25, -0.2) is 19.0 Å². The zero-order valence-electron chi connectivity index (χ0n) is 7.21. The van der Waals surface area contributed by atoms with E-state index in [1.165, 1.54) is 6.07 Å². The quantitative estimate of drug-likeness (QED) is 0.648. The van der Waals surface area contributed by atoms with Crippen LogP contribution >= 0.6 is 0 Å². The summed E-state index contributed by atoms with van der Waals surface area (Å²) in [5.74, 6) is -2.64. The Kier molecular flexibility index (Phi) is 3.03. The highest BCUT2D eigenvalue weighted by Crippen LogP contribution is 2.19. The molecule has 1 aromatic carbocycles. The number of nitriles is 1. The highest BCUT2D eigenvalue weighted by atomic mass is 19.2. The third-order valence-electron chi connectivity index (χ3n) is 1.51. The zero-order valence-corrected chi connectivity index (χ0v) is 7.21. The Morgan fingerprint density at radius 1 is 1.40 bits per heavy atom. The Bertz CT molecular complexity index is 442. The van der Waals surface area contributed by atoms with Crippen LogP contribution in [0.5, 0.6) is 0 Å². The van der Waals surface area contributed by atoms with E-state index in [1.807, 2.05) is 5.43 Å². The number of hydrogen-bond donors (Lipinski definition) is 3. The van der Waals surface area contributed by atoms with E-state index in [-0.39, 0.29) is 0 Å². The second-order valence-corrected chi connectivity index (χ2v) is 2.46. The van der Waals surface area contributed by atoms with Crippen molar-refractivity contribution >= 4 is 11.8 Å². The Morgan fingerprint density at radius 2 is 2.07 bits per heavy atom. The molecule has 7 heteroatoms. The van der Waals surface area contributed by atoms with E-state index < -0.39 is 29.0 Å². The Labute approximate surface area is 82.9 Å². The molecule has 0 aromatic heterocycles. The van der Waals surface area contributed by atoms with Crippen molar-refractivity contribution in [3.05, 3.63) is 29.3 Å². The molecule has 0 aliphatic heterocycles. The lowest BCUT2D eigenvalue weighted by Gasteiger charge is -2.07. The maximum atomic E-state index is 13.1. The lowest BCUT2D eigenvalue weighted by Crippen LogP contribution is -2.28. The molecule has 0 bridgehead atoms. The van der Waals surface area contributed by atoms with Gasteiger partial charge in [0.05, 0.1) is 11.3 Å². The van der Waals surface area contributed by atoms with E-state index >= 15 is 0 Å². The van der Waals surface area contributed by atoms with Crippen molar-refractivity contribution in [1.82, 2.24) is 5.43 Å². The molecule has 15 heavy (non-hydrogen) atoms. The third-order valence-corrected chi connectivity index (χ3v) is 1.51. The molecule has 1 aromatic rings. The maximum absolute atomic E-state index is 13.1. The van der Waals surface area contributed by atoms with Crippen LogP contribution in [0.2, 0.25) is 0 Å². The summed E-state index contributed by atoms with van der Waals surface area (Å²) in [6.07, 6.45) is -1.45. The number of nitrogens with one attached hydrogen (secondary N) is 2. The molecule has 0 aliphatic carbocycles. The van der Waals surface area contributed by atoms with Gasteiger partial charge in [-0.15, -0.1) is 0 Å². The second-order valence-electron chi connectivity index (χ2n) is 2.46. The van der Waals surface area contributed by atoms with Crippen molar-refractivity contribution in [1.29, 1.82) is 5.26 Å². The van der Waals surface area contributed by atoms with Crippen molar-refractivity contribution in [2.75, 3.05) is 5.43 Å². The summed E-state index contributed by atoms with van der Waals surface area (Å²) in [4.78, 5) is 10.0. The first-order chi connectivity index (χ1) is 7.06. The van der Waals surface area contributed by atoms with Gasteiger partial charge in [-0.05, 0) is 12.1 Å². The summed E-state index contributed by atoms with van der Waals surface area (Å²) in [7, 11) is 0. The standard InChI is InChI=1S/C8H5F2N3O2/c9-6-4(3-11)1-2-5(7(6)10)12-13-8(14)15/h1-2,12-13H,(H,14,15). The summed E-state index contributed by atoms with van der Waals surface area (Å²) in [6.45, 7) is 0. The van der Waals surface area contributed by atoms with Crippen LogP contribution in [0.1, 0.15) is 5.56 Å². The molecule has 0 aliphatic rings. The number of carboxylic acid groups (broad SMARTS) is 1. The molecule has 0 heterocycles. The normalized spacial score (nSPS) is 9.13. The third kappa shape index (κ3) is 2.31. The van der Waals surface area contributed by atoms with Gasteiger partial charge in [0, 0.05) is 0 Å². The van der Waals surface area contributed by atoms with Crippen molar-refractivity contribution < 1.29 is 18.7 Å². The number of benzene rings is 1. The van der Waals surface area contributed by atoms with Crippen molar-refractivity contribution in [2.45, 2.75) is 0 Å². The molecule has 1 rings (SSSR count). The molecule has 0 atom stereocenters. The minimum atomic E-state index is -1.45. The lowest BCUT2D eigenvalue weighted by atomic mass is 10.2. The highest BCUT2D eigenvalue weighted by Gasteiger charge is 2.13. The van der Waals surface area contributed by atoms with Gasteiger partial charge in [-0.3, -0.25) is 5.43 Å². The number of amides is 1. The Hall–Kier alpha value is -2.36. The van der Waals surface area contributed by atoms with E-state index in [2.05, 4.69) is 0 Å². The first-order valence-corrected chi connectivity index (χ1v) is 3.69. The molecule has 0 spiro atoms. The summed E-state index contributed by atoms with van der Waals surface area (Å²) in [5.41, 5.74) is 2.73. The Morgan fingerprint density at radius 3 is 2.60 bits per heavy atom. The van der Waals surface area contributed by atoms with Gasteiger partial charge < -0.3 is 5.11 Å². The van der Waals surface area contributed by atoms with Crippen LogP contribution in [0.25, 0.3) is 0 Å². The van der Waals surface area contributed by atoms with E-state index in [1.54, 1.807) is 5.43 Å². The lowest BCUT2D eigenvalue weighted by molar-refractivity contribution is 0.197. The fraction of sp³-hybridized carbons (Fsp3) is 0. The highest BCUT2D eigenvalue weighted by molar-refractivity contribution is 5.67. The first kappa shape index (κ1) is 10.7.